The van der Waals surface area contributed by atoms with Gasteiger partial charge >= 0.3 is 0 Å². The van der Waals surface area contributed by atoms with Crippen molar-refractivity contribution in [3.05, 3.63) is 66.1 Å². The minimum atomic E-state index is 0.341. The van der Waals surface area contributed by atoms with E-state index >= 15 is 0 Å². The predicted octanol–water partition coefficient (Wildman–Crippen LogP) is 4.50. The summed E-state index contributed by atoms with van der Waals surface area (Å²) in [7, 11) is 1.90. The fourth-order valence-electron chi connectivity index (χ4n) is 4.22. The standard InChI is InChI=1S/C23H24N6/c1-25-21-9-7-17-6-4-16(13-20(17)28-21)3-2-15-5-8-18(12-15)29-11-10-19-22(24)26-14-27-23(19)29/h4,6-7,9-14,18H,2-3,5,8H2,1H3,(H,25,28)(H2,24,26,27). The molecule has 1 unspecified atom stereocenters. The molecule has 146 valence electrons. The third-order valence-electron chi connectivity index (χ3n) is 5.83. The van der Waals surface area contributed by atoms with Gasteiger partial charge in [0.1, 0.15) is 23.6 Å². The van der Waals surface area contributed by atoms with Crippen molar-refractivity contribution in [3.8, 4) is 0 Å². The van der Waals surface area contributed by atoms with Gasteiger partial charge in [0.2, 0.25) is 0 Å². The van der Waals surface area contributed by atoms with E-state index in [0.29, 0.717) is 11.9 Å². The van der Waals surface area contributed by atoms with Crippen LogP contribution in [0, 0.1) is 0 Å². The van der Waals surface area contributed by atoms with Crippen molar-refractivity contribution >= 4 is 33.6 Å². The average molecular weight is 384 g/mol. The van der Waals surface area contributed by atoms with Crippen molar-refractivity contribution in [2.45, 2.75) is 31.7 Å². The quantitative estimate of drug-likeness (QED) is 0.495. The van der Waals surface area contributed by atoms with E-state index in [1.807, 2.05) is 19.2 Å². The molecule has 0 spiro atoms. The first kappa shape index (κ1) is 17.7. The van der Waals surface area contributed by atoms with Crippen LogP contribution in [0.25, 0.3) is 21.9 Å². The van der Waals surface area contributed by atoms with Gasteiger partial charge in [0, 0.05) is 18.6 Å². The zero-order valence-corrected chi connectivity index (χ0v) is 16.5. The molecule has 0 bridgehead atoms. The molecule has 3 heterocycles. The monoisotopic (exact) mass is 384 g/mol. The van der Waals surface area contributed by atoms with Crippen molar-refractivity contribution < 1.29 is 0 Å². The molecule has 3 N–H and O–H groups in total. The summed E-state index contributed by atoms with van der Waals surface area (Å²) in [6, 6.07) is 13.1. The van der Waals surface area contributed by atoms with Gasteiger partial charge < -0.3 is 15.6 Å². The van der Waals surface area contributed by atoms with Crippen molar-refractivity contribution in [2.75, 3.05) is 18.1 Å². The summed E-state index contributed by atoms with van der Waals surface area (Å²) in [5, 5.41) is 5.21. The molecule has 0 radical (unpaired) electrons. The first-order valence-corrected chi connectivity index (χ1v) is 10.1. The van der Waals surface area contributed by atoms with Crippen LogP contribution in [0.1, 0.15) is 30.9 Å². The first-order chi connectivity index (χ1) is 14.2. The van der Waals surface area contributed by atoms with E-state index in [2.05, 4.69) is 61.4 Å². The molecule has 29 heavy (non-hydrogen) atoms. The van der Waals surface area contributed by atoms with Crippen LogP contribution in [-0.2, 0) is 6.42 Å². The Morgan fingerprint density at radius 1 is 1.14 bits per heavy atom. The Morgan fingerprint density at radius 2 is 2.03 bits per heavy atom. The van der Waals surface area contributed by atoms with Crippen LogP contribution in [0.2, 0.25) is 0 Å². The number of nitrogen functional groups attached to an aromatic ring is 1. The molecule has 5 rings (SSSR count). The average Bonchev–Trinajstić information content (AvgIpc) is 3.39. The first-order valence-electron chi connectivity index (χ1n) is 10.1. The number of allylic oxidation sites excluding steroid dienone is 2. The third-order valence-corrected chi connectivity index (χ3v) is 5.83. The number of benzene rings is 1. The summed E-state index contributed by atoms with van der Waals surface area (Å²) < 4.78 is 2.22. The Kier molecular flexibility index (Phi) is 4.39. The number of nitrogens with two attached hydrogens (primary N) is 1. The maximum absolute atomic E-state index is 5.98. The van der Waals surface area contributed by atoms with Gasteiger partial charge in [-0.3, -0.25) is 0 Å². The van der Waals surface area contributed by atoms with Crippen LogP contribution >= 0.6 is 0 Å². The highest BCUT2D eigenvalue weighted by Crippen LogP contribution is 2.33. The zero-order chi connectivity index (χ0) is 19.8. The van der Waals surface area contributed by atoms with Gasteiger partial charge in [-0.05, 0) is 55.5 Å². The molecule has 6 nitrogen and oxygen atoms in total. The van der Waals surface area contributed by atoms with E-state index in [1.165, 1.54) is 16.5 Å². The number of rotatable bonds is 5. The summed E-state index contributed by atoms with van der Waals surface area (Å²) in [5.74, 6) is 1.45. The summed E-state index contributed by atoms with van der Waals surface area (Å²) >= 11 is 0. The number of aryl methyl sites for hydroxylation is 1. The van der Waals surface area contributed by atoms with E-state index in [-0.39, 0.29) is 0 Å². The number of aromatic nitrogens is 4. The fourth-order valence-corrected chi connectivity index (χ4v) is 4.22. The van der Waals surface area contributed by atoms with E-state index in [4.69, 9.17) is 5.73 Å². The normalized spacial score (nSPS) is 16.4. The van der Waals surface area contributed by atoms with Crippen LogP contribution in [0.4, 0.5) is 11.6 Å². The van der Waals surface area contributed by atoms with Crippen LogP contribution < -0.4 is 11.1 Å². The van der Waals surface area contributed by atoms with Crippen molar-refractivity contribution in [1.82, 2.24) is 19.5 Å². The lowest BCUT2D eigenvalue weighted by Gasteiger charge is -2.10. The lowest BCUT2D eigenvalue weighted by Crippen LogP contribution is -2.03. The van der Waals surface area contributed by atoms with Crippen LogP contribution in [-0.4, -0.2) is 26.6 Å². The number of nitrogens with zero attached hydrogens (tertiary/aromatic N) is 4. The summed E-state index contributed by atoms with van der Waals surface area (Å²) in [6.07, 6.45) is 10.4. The molecule has 1 aromatic carbocycles. The van der Waals surface area contributed by atoms with Crippen molar-refractivity contribution in [1.29, 1.82) is 0 Å². The fraction of sp³-hybridized carbons (Fsp3) is 0.261. The largest absolute Gasteiger partial charge is 0.383 e. The second-order valence-corrected chi connectivity index (χ2v) is 7.62. The van der Waals surface area contributed by atoms with Gasteiger partial charge in [0.25, 0.3) is 0 Å². The van der Waals surface area contributed by atoms with Gasteiger partial charge in [-0.2, -0.15) is 0 Å². The molecule has 0 amide bonds. The topological polar surface area (TPSA) is 81.7 Å². The summed E-state index contributed by atoms with van der Waals surface area (Å²) in [6.45, 7) is 0. The number of hydrogen-bond donors (Lipinski definition) is 2. The molecule has 0 saturated heterocycles. The molecular weight excluding hydrogens is 360 g/mol. The summed E-state index contributed by atoms with van der Waals surface area (Å²) in [4.78, 5) is 13.2. The molecule has 1 atom stereocenters. The predicted molar refractivity (Wildman–Crippen MR) is 118 cm³/mol. The Morgan fingerprint density at radius 3 is 2.93 bits per heavy atom. The highest BCUT2D eigenvalue weighted by atomic mass is 15.1. The number of fused-ring (bicyclic) bond motifs is 2. The van der Waals surface area contributed by atoms with Gasteiger partial charge in [-0.1, -0.05) is 23.8 Å². The SMILES string of the molecule is CNc1ccc2ccc(CCC3=CC(n4ccc5c(N)ncnc54)CC3)cc2n1. The summed E-state index contributed by atoms with van der Waals surface area (Å²) in [5.41, 5.74) is 10.8. The Bertz CT molecular complexity index is 1220. The smallest absolute Gasteiger partial charge is 0.146 e. The Hall–Kier alpha value is -3.41. The van der Waals surface area contributed by atoms with Crippen LogP contribution in [0.5, 0.6) is 0 Å². The maximum atomic E-state index is 5.98. The number of hydrogen-bond acceptors (Lipinski definition) is 5. The zero-order valence-electron chi connectivity index (χ0n) is 16.5. The van der Waals surface area contributed by atoms with Gasteiger partial charge in [-0.15, -0.1) is 0 Å². The highest BCUT2D eigenvalue weighted by molar-refractivity contribution is 5.86. The molecule has 1 aliphatic rings. The van der Waals surface area contributed by atoms with Crippen LogP contribution in [0.15, 0.2) is 60.6 Å². The molecule has 0 fully saturated rings. The minimum absolute atomic E-state index is 0.341. The Balaban J connectivity index is 1.32. The molecule has 0 saturated carbocycles. The lowest BCUT2D eigenvalue weighted by atomic mass is 10.0. The molecule has 0 aliphatic heterocycles. The Labute approximate surface area is 169 Å². The number of anilines is 2. The van der Waals surface area contributed by atoms with E-state index < -0.39 is 0 Å². The second kappa shape index (κ2) is 7.20. The maximum Gasteiger partial charge on any atom is 0.146 e. The number of pyridine rings is 1. The molecule has 1 aliphatic carbocycles. The number of nitrogens with one attached hydrogen (secondary N) is 1. The lowest BCUT2D eigenvalue weighted by molar-refractivity contribution is 0.603. The van der Waals surface area contributed by atoms with Gasteiger partial charge in [0.15, 0.2) is 0 Å². The second-order valence-electron chi connectivity index (χ2n) is 7.62. The van der Waals surface area contributed by atoms with Crippen molar-refractivity contribution in [2.24, 2.45) is 0 Å². The van der Waals surface area contributed by atoms with Crippen LogP contribution in [0.3, 0.4) is 0 Å². The van der Waals surface area contributed by atoms with E-state index in [9.17, 15) is 0 Å². The van der Waals surface area contributed by atoms with E-state index in [1.54, 1.807) is 6.33 Å². The minimum Gasteiger partial charge on any atom is -0.383 e. The molecule has 6 heteroatoms. The third kappa shape index (κ3) is 3.31. The van der Waals surface area contributed by atoms with Gasteiger partial charge in [0.05, 0.1) is 16.9 Å². The highest BCUT2D eigenvalue weighted by Gasteiger charge is 2.19. The van der Waals surface area contributed by atoms with Crippen molar-refractivity contribution in [3.63, 3.8) is 0 Å². The van der Waals surface area contributed by atoms with Gasteiger partial charge in [-0.25, -0.2) is 15.0 Å². The van der Waals surface area contributed by atoms with E-state index in [0.717, 1.165) is 48.1 Å². The molecule has 3 aromatic heterocycles. The molecule has 4 aromatic rings. The molecular formula is C23H24N6.